The zero-order valence-corrected chi connectivity index (χ0v) is 61.0. The van der Waals surface area contributed by atoms with Crippen LogP contribution in [0.3, 0.4) is 0 Å². The van der Waals surface area contributed by atoms with E-state index in [0.717, 1.165) is 89.6 Å². The van der Waals surface area contributed by atoms with Crippen molar-refractivity contribution in [1.29, 1.82) is 0 Å². The maximum atomic E-state index is 15.2. The van der Waals surface area contributed by atoms with Crippen molar-refractivity contribution in [2.45, 2.75) is 26.4 Å². The van der Waals surface area contributed by atoms with Crippen molar-refractivity contribution >= 4 is 98.9 Å². The van der Waals surface area contributed by atoms with Gasteiger partial charge in [0.05, 0.1) is 50.7 Å². The average molecular weight is 1620 g/mol. The van der Waals surface area contributed by atoms with E-state index in [4.69, 9.17) is 30.6 Å². The molecule has 0 unspecified atom stereocenters. The van der Waals surface area contributed by atoms with Crippen LogP contribution in [0.15, 0.2) is 322 Å². The van der Waals surface area contributed by atoms with Gasteiger partial charge in [0.25, 0.3) is 0 Å². The van der Waals surface area contributed by atoms with E-state index in [-0.39, 0.29) is 63.5 Å². The van der Waals surface area contributed by atoms with Crippen LogP contribution in [0.5, 0.6) is 23.0 Å². The normalized spacial score (nSPS) is 11.3. The van der Waals surface area contributed by atoms with Crippen molar-refractivity contribution in [3.63, 3.8) is 0 Å². The number of hydrogen-bond acceptors (Lipinski definition) is 7. The monoisotopic (exact) mass is 1620 g/mol. The van der Waals surface area contributed by atoms with Crippen LogP contribution in [0.4, 0.5) is 14.5 Å². The van der Waals surface area contributed by atoms with Crippen LogP contribution >= 0.6 is 0 Å². The molecule has 110 heavy (non-hydrogen) atoms. The molecule has 13 nitrogen and oxygen atoms in total. The number of benzene rings is 13. The second-order valence-electron chi connectivity index (χ2n) is 26.5. The molecule has 16 heteroatoms. The third kappa shape index (κ3) is 13.1. The fourth-order valence-electron chi connectivity index (χ4n) is 14.9. The van der Waals surface area contributed by atoms with Crippen LogP contribution in [0.25, 0.3) is 126 Å². The van der Waals surface area contributed by atoms with Gasteiger partial charge < -0.3 is 47.3 Å². The summed E-state index contributed by atoms with van der Waals surface area (Å²) in [4.78, 5) is 21.0. The van der Waals surface area contributed by atoms with Crippen molar-refractivity contribution in [3.05, 3.63) is 379 Å². The molecule has 0 aliphatic heterocycles. The number of para-hydroxylation sites is 8. The number of carboxylic acids is 1. The summed E-state index contributed by atoms with van der Waals surface area (Å²) in [5.74, 6) is -0.617. The summed E-state index contributed by atoms with van der Waals surface area (Å²) in [7, 11) is 0. The number of carboxylic acid groups (broad SMARTS) is 1. The number of nitrogens with zero attached hydrogens (tertiary/aromatic N) is 7. The zero-order chi connectivity index (χ0) is 73.5. The molecular formula is C94H62F2IrN7O6-. The first-order chi connectivity index (χ1) is 53.6. The second kappa shape index (κ2) is 29.8. The average Bonchev–Trinajstić information content (AvgIpc) is 1.62. The number of fused-ring (bicyclic) bond motifs is 12. The fraction of sp³-hybridized carbons (Fsp3) is 0.0426. The maximum Gasteiger partial charge on any atom is 0.354 e. The molecular weight excluding hydrogens is 1550 g/mol. The molecule has 13 aromatic carbocycles. The number of aromatic nitrogens is 6. The van der Waals surface area contributed by atoms with Crippen molar-refractivity contribution in [2.24, 2.45) is 0 Å². The minimum absolute atomic E-state index is 0. The summed E-state index contributed by atoms with van der Waals surface area (Å²) < 4.78 is 65.7. The molecule has 0 aliphatic rings. The Morgan fingerprint density at radius 2 is 0.700 bits per heavy atom. The maximum absolute atomic E-state index is 15.2. The Kier molecular flexibility index (Phi) is 18.7. The standard InChI is InChI=1S/C88H57F2N6O4.C6H5NO2.Ir/c1-91-88-77(89)39-38-76(87(88)90)78-48-56(40-41-92-78)52-97-64-34-36-65(37-35-64)98-55-59-46-66(99-53-57-42-60(93-79-26-10-2-18-68(79)69-19-3-11-27-80(69)93)49-61(43-57)94-81-28-12-4-20-70(81)71-21-5-13-29-82(71)94)51-67(47-59)100-54-58-44-62(95-83-30-14-6-22-72(83)73-23-7-15-31-84(73)95)50-63(45-58)96-85-32-16-8-24-74(85)75-25-9-17-33-86(75)96;8-6(9)5-3-1-2-4-7-5;/h2-37,39-51H,52-55H2;1-4H,(H,8,9);/q-1;;. The smallest absolute Gasteiger partial charge is 0.354 e. The van der Waals surface area contributed by atoms with Crippen molar-refractivity contribution in [2.75, 3.05) is 0 Å². The second-order valence-corrected chi connectivity index (χ2v) is 26.5. The van der Waals surface area contributed by atoms with E-state index in [2.05, 4.69) is 270 Å². The number of pyridine rings is 2. The van der Waals surface area contributed by atoms with E-state index in [0.29, 0.717) is 28.6 Å². The van der Waals surface area contributed by atoms with Gasteiger partial charge in [-0.3, -0.25) is 13.6 Å². The van der Waals surface area contributed by atoms with E-state index in [1.165, 1.54) is 61.5 Å². The molecule has 0 fully saturated rings. The van der Waals surface area contributed by atoms with Crippen LogP contribution in [-0.2, 0) is 46.5 Å². The van der Waals surface area contributed by atoms with Crippen molar-refractivity contribution in [1.82, 2.24) is 28.2 Å². The third-order valence-electron chi connectivity index (χ3n) is 19.7. The number of ether oxygens (including phenoxy) is 4. The van der Waals surface area contributed by atoms with Gasteiger partial charge in [0.2, 0.25) is 0 Å². The summed E-state index contributed by atoms with van der Waals surface area (Å²) >= 11 is 0. The Hall–Kier alpha value is -14.0. The molecule has 0 spiro atoms. The summed E-state index contributed by atoms with van der Waals surface area (Å²) in [6.45, 7) is 8.00. The van der Waals surface area contributed by atoms with E-state index < -0.39 is 23.3 Å². The van der Waals surface area contributed by atoms with Gasteiger partial charge in [-0.2, -0.15) is 0 Å². The number of aromatic carboxylic acids is 1. The number of halogens is 2. The predicted octanol–water partition coefficient (Wildman–Crippen LogP) is 22.9. The predicted molar refractivity (Wildman–Crippen MR) is 426 cm³/mol. The van der Waals surface area contributed by atoms with Gasteiger partial charge in [-0.15, -0.1) is 17.7 Å². The van der Waals surface area contributed by atoms with Crippen molar-refractivity contribution in [3.8, 4) is 57.0 Å². The quantitative estimate of drug-likeness (QED) is 0.0843. The minimum atomic E-state index is -1.01. The Morgan fingerprint density at radius 1 is 0.373 bits per heavy atom. The Bertz CT molecular complexity index is 6030. The molecule has 1 N–H and O–H groups in total. The van der Waals surface area contributed by atoms with Gasteiger partial charge in [0, 0.05) is 116 Å². The first-order valence-electron chi connectivity index (χ1n) is 35.5. The van der Waals surface area contributed by atoms with E-state index in [1.54, 1.807) is 24.3 Å². The molecule has 0 saturated carbocycles. The summed E-state index contributed by atoms with van der Waals surface area (Å²) in [6, 6.07) is 107. The Labute approximate surface area is 643 Å². The first kappa shape index (κ1) is 69.1. The van der Waals surface area contributed by atoms with Gasteiger partial charge in [-0.25, -0.2) is 9.78 Å². The molecule has 533 valence electrons. The van der Waals surface area contributed by atoms with Gasteiger partial charge in [-0.1, -0.05) is 158 Å². The number of hydrogen-bond donors (Lipinski definition) is 1. The topological polar surface area (TPSA) is 124 Å². The number of carbonyl (C=O) groups is 1. The summed E-state index contributed by atoms with van der Waals surface area (Å²) in [5.41, 5.74) is 15.8. The van der Waals surface area contributed by atoms with Gasteiger partial charge in [0.15, 0.2) is 5.69 Å². The largest absolute Gasteiger partial charge is 0.489 e. The van der Waals surface area contributed by atoms with E-state index >= 15 is 4.39 Å². The van der Waals surface area contributed by atoms with E-state index in [9.17, 15) is 9.18 Å². The fourth-order valence-corrected chi connectivity index (χ4v) is 14.9. The molecule has 1 radical (unpaired) electrons. The van der Waals surface area contributed by atoms with Gasteiger partial charge in [0.1, 0.15) is 55.1 Å². The molecule has 0 atom stereocenters. The first-order valence-corrected chi connectivity index (χ1v) is 35.5. The van der Waals surface area contributed by atoms with Gasteiger partial charge in [-0.05, 0) is 167 Å². The molecule has 0 aliphatic carbocycles. The third-order valence-corrected chi connectivity index (χ3v) is 19.7. The Balaban J connectivity index is 0.000000825. The molecule has 0 saturated heterocycles. The van der Waals surface area contributed by atoms with Crippen LogP contribution in [0.1, 0.15) is 32.7 Å². The SMILES string of the molecule is O=C(O)c1ccccn1.[C-]#[N+]c1c(F)c[c-]c(-c2cc(COc3ccc(OCc4cc(OCc5cc(-n6c7ccccc7c7ccccc76)cc(-n6c7ccccc7c7ccccc76)c5)cc(OCc5cc(-n6c7ccccc7c7ccccc76)cc(-n6c7ccccc7c7ccccc76)c5)c4)cc3)ccn2)c1F.[Ir]. The van der Waals surface area contributed by atoms with Crippen LogP contribution < -0.4 is 18.9 Å². The minimum Gasteiger partial charge on any atom is -0.489 e. The zero-order valence-electron chi connectivity index (χ0n) is 58.6. The van der Waals surface area contributed by atoms with Crippen molar-refractivity contribution < 1.29 is 57.7 Å². The van der Waals surface area contributed by atoms with Crippen LogP contribution in [-0.4, -0.2) is 39.3 Å². The van der Waals surface area contributed by atoms with Gasteiger partial charge >= 0.3 is 5.97 Å². The van der Waals surface area contributed by atoms with Crippen LogP contribution in [0.2, 0.25) is 0 Å². The van der Waals surface area contributed by atoms with Crippen LogP contribution in [0, 0.1) is 24.3 Å². The summed E-state index contributed by atoms with van der Waals surface area (Å²) in [6.07, 6.45) is 2.96. The molecule has 6 heterocycles. The molecule has 0 amide bonds. The molecule has 19 rings (SSSR count). The Morgan fingerprint density at radius 3 is 1.03 bits per heavy atom. The van der Waals surface area contributed by atoms with E-state index in [1.807, 2.05) is 42.5 Å². The molecule has 0 bridgehead atoms. The molecule has 19 aromatic rings. The number of rotatable bonds is 18. The summed E-state index contributed by atoms with van der Waals surface area (Å²) in [5, 5.41) is 17.7. The molecule has 6 aromatic heterocycles.